The van der Waals surface area contributed by atoms with Crippen LogP contribution in [0.2, 0.25) is 0 Å². The molecule has 6 heteroatoms. The summed E-state index contributed by atoms with van der Waals surface area (Å²) in [5.41, 5.74) is 0. The van der Waals surface area contributed by atoms with Crippen molar-refractivity contribution in [1.82, 2.24) is 9.80 Å². The van der Waals surface area contributed by atoms with E-state index in [4.69, 9.17) is 16.6 Å². The number of carbonyl (C=O) groups is 2. The SMILES string of the molecule is O=CN1CCN(C(=O)c2ccco2)C1=S. The van der Waals surface area contributed by atoms with Gasteiger partial charge in [0.05, 0.1) is 6.26 Å². The smallest absolute Gasteiger partial charge is 0.295 e. The minimum atomic E-state index is -0.311. The lowest BCUT2D eigenvalue weighted by atomic mass is 10.4. The zero-order valence-electron chi connectivity index (χ0n) is 7.75. The van der Waals surface area contributed by atoms with Gasteiger partial charge in [0.2, 0.25) is 6.41 Å². The van der Waals surface area contributed by atoms with E-state index in [1.54, 1.807) is 12.1 Å². The van der Waals surface area contributed by atoms with E-state index in [2.05, 4.69) is 0 Å². The molecule has 0 spiro atoms. The molecule has 15 heavy (non-hydrogen) atoms. The van der Waals surface area contributed by atoms with Gasteiger partial charge in [-0.25, -0.2) is 0 Å². The van der Waals surface area contributed by atoms with Crippen LogP contribution in [0.3, 0.4) is 0 Å². The second-order valence-corrected chi connectivity index (χ2v) is 3.38. The van der Waals surface area contributed by atoms with Crippen molar-refractivity contribution in [3.8, 4) is 0 Å². The molecule has 0 aromatic carbocycles. The molecule has 1 aromatic rings. The lowest BCUT2D eigenvalue weighted by molar-refractivity contribution is -0.114. The fraction of sp³-hybridized carbons (Fsp3) is 0.222. The number of thiocarbonyl (C=S) groups is 1. The average molecular weight is 224 g/mol. The molecule has 5 nitrogen and oxygen atoms in total. The maximum absolute atomic E-state index is 11.8. The van der Waals surface area contributed by atoms with Crippen molar-refractivity contribution in [2.75, 3.05) is 13.1 Å². The van der Waals surface area contributed by atoms with Crippen molar-refractivity contribution in [2.24, 2.45) is 0 Å². The second kappa shape index (κ2) is 3.82. The molecule has 1 saturated heterocycles. The third-order valence-electron chi connectivity index (χ3n) is 2.15. The Morgan fingerprint density at radius 3 is 2.87 bits per heavy atom. The molecule has 0 radical (unpaired) electrons. The molecule has 2 rings (SSSR count). The van der Waals surface area contributed by atoms with Gasteiger partial charge in [-0.2, -0.15) is 0 Å². The molecule has 0 aliphatic carbocycles. The van der Waals surface area contributed by atoms with Crippen molar-refractivity contribution >= 4 is 29.6 Å². The maximum atomic E-state index is 11.8. The third-order valence-corrected chi connectivity index (χ3v) is 2.60. The monoisotopic (exact) mass is 224 g/mol. The van der Waals surface area contributed by atoms with Crippen LogP contribution in [-0.2, 0) is 4.79 Å². The molecule has 0 N–H and O–H groups in total. The normalized spacial score (nSPS) is 15.9. The molecular formula is C9H8N2O3S. The first-order valence-electron chi connectivity index (χ1n) is 4.35. The predicted octanol–water partition coefficient (Wildman–Crippen LogP) is 0.479. The standard InChI is InChI=1S/C9H8N2O3S/c12-6-10-3-4-11(9(10)15)8(13)7-2-1-5-14-7/h1-2,5-6H,3-4H2. The van der Waals surface area contributed by atoms with Crippen LogP contribution in [-0.4, -0.2) is 40.3 Å². The van der Waals surface area contributed by atoms with Crippen LogP contribution in [0.1, 0.15) is 10.6 Å². The Kier molecular flexibility index (Phi) is 2.51. The predicted molar refractivity (Wildman–Crippen MR) is 55.1 cm³/mol. The fourth-order valence-corrected chi connectivity index (χ4v) is 1.68. The molecule has 0 bridgehead atoms. The van der Waals surface area contributed by atoms with Crippen molar-refractivity contribution in [1.29, 1.82) is 0 Å². The van der Waals surface area contributed by atoms with Gasteiger partial charge in [0.25, 0.3) is 5.91 Å². The number of hydrogen-bond acceptors (Lipinski definition) is 4. The van der Waals surface area contributed by atoms with E-state index in [0.29, 0.717) is 19.5 Å². The summed E-state index contributed by atoms with van der Waals surface area (Å²) in [6.45, 7) is 0.853. The third kappa shape index (κ3) is 1.63. The Morgan fingerprint density at radius 2 is 2.33 bits per heavy atom. The summed E-state index contributed by atoms with van der Waals surface area (Å²) < 4.78 is 4.97. The van der Waals surface area contributed by atoms with Crippen molar-refractivity contribution in [3.63, 3.8) is 0 Å². The highest BCUT2D eigenvalue weighted by Crippen LogP contribution is 2.12. The number of furan rings is 1. The van der Waals surface area contributed by atoms with Gasteiger partial charge >= 0.3 is 0 Å². The summed E-state index contributed by atoms with van der Waals surface area (Å²) in [6, 6.07) is 3.19. The molecule has 78 valence electrons. The number of carbonyl (C=O) groups excluding carboxylic acids is 2. The number of rotatable bonds is 2. The van der Waals surface area contributed by atoms with Crippen molar-refractivity contribution in [3.05, 3.63) is 24.2 Å². The summed E-state index contributed by atoms with van der Waals surface area (Å²) in [5, 5.41) is 0.228. The molecule has 0 atom stereocenters. The Hall–Kier alpha value is -1.69. The Bertz CT molecular complexity index is 401. The minimum Gasteiger partial charge on any atom is -0.459 e. The van der Waals surface area contributed by atoms with Gasteiger partial charge in [-0.1, -0.05) is 0 Å². The lowest BCUT2D eigenvalue weighted by Gasteiger charge is -2.14. The molecule has 1 aliphatic heterocycles. The van der Waals surface area contributed by atoms with E-state index in [9.17, 15) is 9.59 Å². The molecule has 1 fully saturated rings. The van der Waals surface area contributed by atoms with Crippen LogP contribution in [0, 0.1) is 0 Å². The van der Waals surface area contributed by atoms with Gasteiger partial charge in [0, 0.05) is 13.1 Å². The summed E-state index contributed by atoms with van der Waals surface area (Å²) >= 11 is 4.97. The first-order chi connectivity index (χ1) is 7.24. The largest absolute Gasteiger partial charge is 0.459 e. The molecule has 0 saturated carbocycles. The summed E-state index contributed by atoms with van der Waals surface area (Å²) in [7, 11) is 0. The molecule has 1 aromatic heterocycles. The van der Waals surface area contributed by atoms with Gasteiger partial charge in [-0.15, -0.1) is 0 Å². The molecular weight excluding hydrogens is 216 g/mol. The highest BCUT2D eigenvalue weighted by Gasteiger charge is 2.31. The lowest BCUT2D eigenvalue weighted by Crippen LogP contribution is -2.35. The second-order valence-electron chi connectivity index (χ2n) is 3.02. The van der Waals surface area contributed by atoms with E-state index < -0.39 is 0 Å². The quantitative estimate of drug-likeness (QED) is 0.541. The first-order valence-corrected chi connectivity index (χ1v) is 4.76. The Morgan fingerprint density at radius 1 is 1.53 bits per heavy atom. The van der Waals surface area contributed by atoms with Gasteiger partial charge in [-0.05, 0) is 24.4 Å². The summed E-state index contributed by atoms with van der Waals surface area (Å²) in [4.78, 5) is 25.0. The van der Waals surface area contributed by atoms with Crippen LogP contribution in [0.15, 0.2) is 22.8 Å². The van der Waals surface area contributed by atoms with E-state index in [1.165, 1.54) is 16.1 Å². The molecule has 2 amide bonds. The molecule has 0 unspecified atom stereocenters. The highest BCUT2D eigenvalue weighted by molar-refractivity contribution is 7.80. The van der Waals surface area contributed by atoms with Crippen molar-refractivity contribution < 1.29 is 14.0 Å². The highest BCUT2D eigenvalue weighted by atomic mass is 32.1. The van der Waals surface area contributed by atoms with Gasteiger partial charge in [0.1, 0.15) is 0 Å². The van der Waals surface area contributed by atoms with E-state index in [-0.39, 0.29) is 16.8 Å². The topological polar surface area (TPSA) is 53.8 Å². The Labute approximate surface area is 91.2 Å². The van der Waals surface area contributed by atoms with Crippen LogP contribution in [0.5, 0.6) is 0 Å². The average Bonchev–Trinajstić information content (AvgIpc) is 2.85. The van der Waals surface area contributed by atoms with Gasteiger partial charge < -0.3 is 4.42 Å². The zero-order valence-corrected chi connectivity index (χ0v) is 8.57. The van der Waals surface area contributed by atoms with Crippen molar-refractivity contribution in [2.45, 2.75) is 0 Å². The summed E-state index contributed by atoms with van der Waals surface area (Å²) in [5.74, 6) is -0.0838. The molecule has 2 heterocycles. The van der Waals surface area contributed by atoms with Gasteiger partial charge in [-0.3, -0.25) is 19.4 Å². The Balaban J connectivity index is 2.17. The fourth-order valence-electron chi connectivity index (χ4n) is 1.37. The van der Waals surface area contributed by atoms with Crippen LogP contribution < -0.4 is 0 Å². The van der Waals surface area contributed by atoms with Crippen LogP contribution in [0.25, 0.3) is 0 Å². The number of nitrogens with zero attached hydrogens (tertiary/aromatic N) is 2. The summed E-state index contributed by atoms with van der Waals surface area (Å²) in [6.07, 6.45) is 2.04. The maximum Gasteiger partial charge on any atom is 0.295 e. The zero-order chi connectivity index (χ0) is 10.8. The number of amides is 2. The van der Waals surface area contributed by atoms with Crippen LogP contribution >= 0.6 is 12.2 Å². The van der Waals surface area contributed by atoms with Crippen LogP contribution in [0.4, 0.5) is 0 Å². The van der Waals surface area contributed by atoms with E-state index >= 15 is 0 Å². The minimum absolute atomic E-state index is 0.227. The van der Waals surface area contributed by atoms with E-state index in [0.717, 1.165) is 0 Å². The number of hydrogen-bond donors (Lipinski definition) is 0. The van der Waals surface area contributed by atoms with E-state index in [1.807, 2.05) is 0 Å². The molecule has 1 aliphatic rings. The van der Waals surface area contributed by atoms with Gasteiger partial charge in [0.15, 0.2) is 10.9 Å². The first kappa shape index (κ1) is 9.85.